The number of sulfonamides is 1. The van der Waals surface area contributed by atoms with Crippen LogP contribution in [0.1, 0.15) is 12.5 Å². The Kier molecular flexibility index (Phi) is 4.47. The van der Waals surface area contributed by atoms with Gasteiger partial charge in [-0.25, -0.2) is 12.8 Å². The Labute approximate surface area is 123 Å². The highest BCUT2D eigenvalue weighted by Gasteiger charge is 2.17. The Morgan fingerprint density at radius 3 is 2.57 bits per heavy atom. The van der Waals surface area contributed by atoms with Crippen LogP contribution in [0.15, 0.2) is 47.4 Å². The highest BCUT2D eigenvalue weighted by atomic mass is 32.2. The van der Waals surface area contributed by atoms with Crippen LogP contribution >= 0.6 is 0 Å². The van der Waals surface area contributed by atoms with Crippen LogP contribution in [-0.2, 0) is 10.0 Å². The summed E-state index contributed by atoms with van der Waals surface area (Å²) in [6.45, 7) is 3.89. The monoisotopic (exact) mass is 309 g/mol. The zero-order chi connectivity index (χ0) is 15.5. The summed E-state index contributed by atoms with van der Waals surface area (Å²) >= 11 is 0. The van der Waals surface area contributed by atoms with Crippen molar-refractivity contribution in [3.63, 3.8) is 0 Å². The van der Waals surface area contributed by atoms with Crippen LogP contribution in [0.5, 0.6) is 5.75 Å². The summed E-state index contributed by atoms with van der Waals surface area (Å²) in [5.41, 5.74) is 1.36. The number of halogens is 1. The summed E-state index contributed by atoms with van der Waals surface area (Å²) < 4.78 is 45.7. The van der Waals surface area contributed by atoms with Crippen molar-refractivity contribution in [1.29, 1.82) is 0 Å². The van der Waals surface area contributed by atoms with E-state index in [1.54, 1.807) is 25.1 Å². The van der Waals surface area contributed by atoms with Crippen LogP contribution in [0.25, 0.3) is 0 Å². The van der Waals surface area contributed by atoms with Gasteiger partial charge in [0.25, 0.3) is 10.0 Å². The van der Waals surface area contributed by atoms with Crippen molar-refractivity contribution in [1.82, 2.24) is 0 Å². The van der Waals surface area contributed by atoms with Crippen molar-refractivity contribution in [2.45, 2.75) is 18.7 Å². The molecule has 0 spiro atoms. The molecule has 0 saturated heterocycles. The minimum Gasteiger partial charge on any atom is -0.491 e. The summed E-state index contributed by atoms with van der Waals surface area (Å²) in [6, 6.07) is 10.5. The molecule has 0 aliphatic carbocycles. The highest BCUT2D eigenvalue weighted by molar-refractivity contribution is 7.92. The number of aryl methyl sites for hydroxylation is 1. The second kappa shape index (κ2) is 6.13. The molecule has 2 aromatic carbocycles. The van der Waals surface area contributed by atoms with E-state index in [1.165, 1.54) is 12.1 Å². The molecular weight excluding hydrogens is 293 g/mol. The number of hydrogen-bond donors (Lipinski definition) is 1. The van der Waals surface area contributed by atoms with Crippen LogP contribution in [-0.4, -0.2) is 15.0 Å². The standard InChI is InChI=1S/C15H16FNO3S/c1-3-20-15-8-7-13(10-14(15)16)21(18,19)17-12-6-4-5-11(2)9-12/h4-10,17H,3H2,1-2H3. The zero-order valence-electron chi connectivity index (χ0n) is 11.8. The van der Waals surface area contributed by atoms with Gasteiger partial charge < -0.3 is 4.74 Å². The Morgan fingerprint density at radius 1 is 1.19 bits per heavy atom. The zero-order valence-corrected chi connectivity index (χ0v) is 12.6. The van der Waals surface area contributed by atoms with Gasteiger partial charge in [-0.3, -0.25) is 4.72 Å². The lowest BCUT2D eigenvalue weighted by molar-refractivity contribution is 0.321. The Balaban J connectivity index is 2.29. The number of ether oxygens (including phenoxy) is 1. The molecule has 0 bridgehead atoms. The van der Waals surface area contributed by atoms with E-state index in [2.05, 4.69) is 4.72 Å². The molecule has 0 amide bonds. The average molecular weight is 309 g/mol. The first kappa shape index (κ1) is 15.3. The molecule has 21 heavy (non-hydrogen) atoms. The smallest absolute Gasteiger partial charge is 0.262 e. The third kappa shape index (κ3) is 3.72. The Morgan fingerprint density at radius 2 is 1.95 bits per heavy atom. The molecule has 1 N–H and O–H groups in total. The van der Waals surface area contributed by atoms with Gasteiger partial charge in [0.2, 0.25) is 0 Å². The largest absolute Gasteiger partial charge is 0.491 e. The van der Waals surface area contributed by atoms with Gasteiger partial charge in [0.05, 0.1) is 11.5 Å². The van der Waals surface area contributed by atoms with Gasteiger partial charge in [0, 0.05) is 5.69 Å². The number of benzene rings is 2. The first-order valence-electron chi connectivity index (χ1n) is 6.44. The van der Waals surface area contributed by atoms with E-state index < -0.39 is 15.8 Å². The van der Waals surface area contributed by atoms with Crippen LogP contribution in [0.4, 0.5) is 10.1 Å². The predicted octanol–water partition coefficient (Wildman–Crippen LogP) is 3.33. The fourth-order valence-corrected chi connectivity index (χ4v) is 2.90. The molecule has 0 fully saturated rings. The molecule has 2 rings (SSSR count). The van der Waals surface area contributed by atoms with Gasteiger partial charge in [-0.1, -0.05) is 12.1 Å². The molecule has 0 saturated carbocycles. The maximum absolute atomic E-state index is 13.8. The third-order valence-electron chi connectivity index (χ3n) is 2.78. The molecule has 0 aliphatic heterocycles. The molecule has 0 unspecified atom stereocenters. The fourth-order valence-electron chi connectivity index (χ4n) is 1.84. The van der Waals surface area contributed by atoms with Gasteiger partial charge in [-0.15, -0.1) is 0 Å². The highest BCUT2D eigenvalue weighted by Crippen LogP contribution is 2.23. The lowest BCUT2D eigenvalue weighted by Crippen LogP contribution is -2.13. The molecule has 4 nitrogen and oxygen atoms in total. The van der Waals surface area contributed by atoms with Gasteiger partial charge in [-0.05, 0) is 49.7 Å². The SMILES string of the molecule is CCOc1ccc(S(=O)(=O)Nc2cccc(C)c2)cc1F. The van der Waals surface area contributed by atoms with Gasteiger partial charge in [0.15, 0.2) is 11.6 Å². The van der Waals surface area contributed by atoms with E-state index in [0.29, 0.717) is 12.3 Å². The molecule has 112 valence electrons. The van der Waals surface area contributed by atoms with Crippen molar-refractivity contribution in [2.75, 3.05) is 11.3 Å². The summed E-state index contributed by atoms with van der Waals surface area (Å²) in [5, 5.41) is 0. The van der Waals surface area contributed by atoms with E-state index in [0.717, 1.165) is 11.6 Å². The van der Waals surface area contributed by atoms with E-state index in [1.807, 2.05) is 13.0 Å². The number of hydrogen-bond acceptors (Lipinski definition) is 3. The van der Waals surface area contributed by atoms with Crippen molar-refractivity contribution in [2.24, 2.45) is 0 Å². The second-order valence-corrected chi connectivity index (χ2v) is 6.18. The Bertz CT molecular complexity index is 744. The van der Waals surface area contributed by atoms with Crippen LogP contribution in [0, 0.1) is 12.7 Å². The second-order valence-electron chi connectivity index (χ2n) is 4.50. The molecule has 0 aliphatic rings. The minimum atomic E-state index is -3.83. The first-order valence-corrected chi connectivity index (χ1v) is 7.92. The number of rotatable bonds is 5. The van der Waals surface area contributed by atoms with Crippen molar-refractivity contribution in [3.8, 4) is 5.75 Å². The van der Waals surface area contributed by atoms with Crippen LogP contribution < -0.4 is 9.46 Å². The maximum Gasteiger partial charge on any atom is 0.262 e. The van der Waals surface area contributed by atoms with Gasteiger partial charge >= 0.3 is 0 Å². The average Bonchev–Trinajstić information content (AvgIpc) is 2.40. The minimum absolute atomic E-state index is 0.0343. The van der Waals surface area contributed by atoms with Gasteiger partial charge in [-0.2, -0.15) is 0 Å². The molecule has 6 heteroatoms. The van der Waals surface area contributed by atoms with Gasteiger partial charge in [0.1, 0.15) is 0 Å². The van der Waals surface area contributed by atoms with Crippen molar-refractivity contribution < 1.29 is 17.5 Å². The van der Waals surface area contributed by atoms with E-state index in [9.17, 15) is 12.8 Å². The summed E-state index contributed by atoms with van der Waals surface area (Å²) in [5.74, 6) is -0.670. The van der Waals surface area contributed by atoms with Crippen LogP contribution in [0.2, 0.25) is 0 Å². The van der Waals surface area contributed by atoms with Crippen LogP contribution in [0.3, 0.4) is 0 Å². The van der Waals surface area contributed by atoms with E-state index in [4.69, 9.17) is 4.74 Å². The molecule has 0 atom stereocenters. The topological polar surface area (TPSA) is 55.4 Å². The number of anilines is 1. The Hall–Kier alpha value is -2.08. The van der Waals surface area contributed by atoms with E-state index in [-0.39, 0.29) is 10.6 Å². The molecule has 0 aromatic heterocycles. The molecule has 0 radical (unpaired) electrons. The fraction of sp³-hybridized carbons (Fsp3) is 0.200. The van der Waals surface area contributed by atoms with Crippen molar-refractivity contribution in [3.05, 3.63) is 53.8 Å². The quantitative estimate of drug-likeness (QED) is 0.921. The first-order chi connectivity index (χ1) is 9.92. The maximum atomic E-state index is 13.8. The molecule has 0 heterocycles. The summed E-state index contributed by atoms with van der Waals surface area (Å²) in [6.07, 6.45) is 0. The molecule has 2 aromatic rings. The molecular formula is C15H16FNO3S. The normalized spacial score (nSPS) is 11.2. The van der Waals surface area contributed by atoms with E-state index >= 15 is 0 Å². The summed E-state index contributed by atoms with van der Waals surface area (Å²) in [4.78, 5) is -0.148. The lowest BCUT2D eigenvalue weighted by Gasteiger charge is -2.10. The third-order valence-corrected chi connectivity index (χ3v) is 4.16. The number of nitrogens with one attached hydrogen (secondary N) is 1. The lowest BCUT2D eigenvalue weighted by atomic mass is 10.2. The summed E-state index contributed by atoms with van der Waals surface area (Å²) in [7, 11) is -3.83. The van der Waals surface area contributed by atoms with Crippen molar-refractivity contribution >= 4 is 15.7 Å². The predicted molar refractivity (Wildman–Crippen MR) is 79.6 cm³/mol.